The molecule has 0 N–H and O–H groups in total. The van der Waals surface area contributed by atoms with Crippen LogP contribution in [-0.4, -0.2) is 49.7 Å². The van der Waals surface area contributed by atoms with E-state index in [0.29, 0.717) is 25.4 Å². The van der Waals surface area contributed by atoms with Crippen molar-refractivity contribution in [1.29, 1.82) is 0 Å². The summed E-state index contributed by atoms with van der Waals surface area (Å²) in [7, 11) is -3.52. The Labute approximate surface area is 139 Å². The summed E-state index contributed by atoms with van der Waals surface area (Å²) in [5.74, 6) is 0.464. The van der Waals surface area contributed by atoms with Crippen molar-refractivity contribution in [1.82, 2.24) is 9.21 Å². The first kappa shape index (κ1) is 16.0. The topological polar surface area (TPSA) is 57.7 Å². The summed E-state index contributed by atoms with van der Waals surface area (Å²) in [6.07, 6.45) is 0.608. The van der Waals surface area contributed by atoms with Gasteiger partial charge in [0.1, 0.15) is 0 Å². The van der Waals surface area contributed by atoms with Crippen LogP contribution in [0.5, 0.6) is 0 Å². The zero-order valence-electron chi connectivity index (χ0n) is 12.4. The summed E-state index contributed by atoms with van der Waals surface area (Å²) in [6, 6.07) is 6.69. The van der Waals surface area contributed by atoms with Gasteiger partial charge in [-0.15, -0.1) is 0 Å². The molecule has 120 valence electrons. The number of amides is 1. The molecule has 2 aliphatic heterocycles. The Morgan fingerprint density at radius 1 is 1.27 bits per heavy atom. The largest absolute Gasteiger partial charge is 0.342 e. The van der Waals surface area contributed by atoms with Crippen molar-refractivity contribution in [3.8, 4) is 0 Å². The zero-order valence-corrected chi connectivity index (χ0v) is 14.8. The third-order valence-electron chi connectivity index (χ3n) is 4.31. The van der Waals surface area contributed by atoms with Crippen molar-refractivity contribution in [2.45, 2.75) is 18.2 Å². The minimum absolute atomic E-state index is 0.102. The molecule has 3 rings (SSSR count). The van der Waals surface area contributed by atoms with Crippen LogP contribution in [0.15, 0.2) is 33.6 Å². The summed E-state index contributed by atoms with van der Waals surface area (Å²) < 4.78 is 27.4. The molecule has 1 amide bonds. The van der Waals surface area contributed by atoms with Crippen molar-refractivity contribution in [3.63, 3.8) is 0 Å². The van der Waals surface area contributed by atoms with Crippen LogP contribution in [0.2, 0.25) is 0 Å². The molecule has 0 radical (unpaired) electrons. The van der Waals surface area contributed by atoms with Gasteiger partial charge in [0.15, 0.2) is 0 Å². The number of benzene rings is 1. The molecule has 2 heterocycles. The van der Waals surface area contributed by atoms with Crippen molar-refractivity contribution < 1.29 is 13.2 Å². The van der Waals surface area contributed by atoms with E-state index >= 15 is 0 Å². The third kappa shape index (κ3) is 2.94. The van der Waals surface area contributed by atoms with E-state index in [1.54, 1.807) is 24.3 Å². The molecule has 0 aromatic heterocycles. The monoisotopic (exact) mass is 386 g/mol. The number of rotatable bonds is 3. The number of likely N-dealkylation sites (tertiary alicyclic amines) is 1. The Kier molecular flexibility index (Phi) is 4.31. The number of hydrogen-bond donors (Lipinski definition) is 0. The van der Waals surface area contributed by atoms with E-state index in [1.807, 2.05) is 4.90 Å². The molecule has 7 heteroatoms. The number of sulfonamides is 1. The van der Waals surface area contributed by atoms with E-state index in [0.717, 1.165) is 17.6 Å². The van der Waals surface area contributed by atoms with Gasteiger partial charge in [0.2, 0.25) is 15.9 Å². The molecule has 2 fully saturated rings. The minimum atomic E-state index is -3.52. The highest BCUT2D eigenvalue weighted by Crippen LogP contribution is 2.28. The minimum Gasteiger partial charge on any atom is -0.342 e. The van der Waals surface area contributed by atoms with E-state index in [4.69, 9.17) is 0 Å². The second kappa shape index (κ2) is 5.94. The van der Waals surface area contributed by atoms with E-state index < -0.39 is 10.0 Å². The van der Waals surface area contributed by atoms with Gasteiger partial charge in [0, 0.05) is 30.7 Å². The maximum atomic E-state index is 12.6. The zero-order chi connectivity index (χ0) is 15.9. The van der Waals surface area contributed by atoms with Gasteiger partial charge < -0.3 is 4.90 Å². The van der Waals surface area contributed by atoms with Gasteiger partial charge in [0.25, 0.3) is 0 Å². The Bertz CT molecular complexity index is 686. The van der Waals surface area contributed by atoms with Gasteiger partial charge in [-0.2, -0.15) is 4.31 Å². The Hall–Kier alpha value is -0.920. The molecule has 0 bridgehead atoms. The summed E-state index contributed by atoms with van der Waals surface area (Å²) >= 11 is 3.30. The highest BCUT2D eigenvalue weighted by atomic mass is 79.9. The van der Waals surface area contributed by atoms with Crippen molar-refractivity contribution >= 4 is 31.9 Å². The predicted molar refractivity (Wildman–Crippen MR) is 86.8 cm³/mol. The van der Waals surface area contributed by atoms with Crippen molar-refractivity contribution in [2.24, 2.45) is 11.8 Å². The van der Waals surface area contributed by atoms with Gasteiger partial charge in [-0.1, -0.05) is 28.9 Å². The van der Waals surface area contributed by atoms with Crippen LogP contribution < -0.4 is 0 Å². The lowest BCUT2D eigenvalue weighted by molar-refractivity contribution is -0.141. The average Bonchev–Trinajstić information content (AvgIpc) is 2.94. The molecule has 0 saturated carbocycles. The van der Waals surface area contributed by atoms with Gasteiger partial charge in [0.05, 0.1) is 10.8 Å². The van der Waals surface area contributed by atoms with E-state index in [9.17, 15) is 13.2 Å². The Balaban J connectivity index is 1.70. The standard InChI is InChI=1S/C15H19BrN2O3S/c1-11-8-17(9-11)15(19)12-5-6-18(10-12)22(20,21)14-4-2-3-13(16)7-14/h2-4,7,11-12H,5-6,8-10H2,1H3. The fourth-order valence-corrected chi connectivity index (χ4v) is 5.16. The molecule has 1 aromatic rings. The van der Waals surface area contributed by atoms with Crippen LogP contribution in [0, 0.1) is 11.8 Å². The smallest absolute Gasteiger partial charge is 0.243 e. The van der Waals surface area contributed by atoms with Gasteiger partial charge in [-0.25, -0.2) is 8.42 Å². The second-order valence-corrected chi connectivity index (χ2v) is 9.01. The van der Waals surface area contributed by atoms with Crippen LogP contribution in [0.4, 0.5) is 0 Å². The predicted octanol–water partition coefficient (Wildman–Crippen LogP) is 1.94. The first-order valence-electron chi connectivity index (χ1n) is 7.42. The lowest BCUT2D eigenvalue weighted by Crippen LogP contribution is -2.51. The number of halogens is 1. The second-order valence-electron chi connectivity index (χ2n) is 6.15. The first-order chi connectivity index (χ1) is 10.4. The molecule has 0 spiro atoms. The molecule has 5 nitrogen and oxygen atoms in total. The highest BCUT2D eigenvalue weighted by Gasteiger charge is 2.39. The van der Waals surface area contributed by atoms with Crippen LogP contribution in [0.25, 0.3) is 0 Å². The fraction of sp³-hybridized carbons (Fsp3) is 0.533. The normalized spacial score (nSPS) is 23.5. The Morgan fingerprint density at radius 3 is 2.64 bits per heavy atom. The lowest BCUT2D eigenvalue weighted by Gasteiger charge is -2.38. The lowest BCUT2D eigenvalue weighted by atomic mass is 9.99. The fourth-order valence-electron chi connectivity index (χ4n) is 3.06. The summed E-state index contributed by atoms with van der Waals surface area (Å²) in [5.41, 5.74) is 0. The molecule has 1 atom stereocenters. The van der Waals surface area contributed by atoms with Crippen molar-refractivity contribution in [3.05, 3.63) is 28.7 Å². The average molecular weight is 387 g/mol. The van der Waals surface area contributed by atoms with E-state index in [1.165, 1.54) is 4.31 Å². The summed E-state index contributed by atoms with van der Waals surface area (Å²) in [5, 5.41) is 0. The number of carbonyl (C=O) groups is 1. The maximum absolute atomic E-state index is 12.6. The third-order valence-corrected chi connectivity index (χ3v) is 6.66. The van der Waals surface area contributed by atoms with E-state index in [2.05, 4.69) is 22.9 Å². The van der Waals surface area contributed by atoms with Crippen molar-refractivity contribution in [2.75, 3.05) is 26.2 Å². The molecular formula is C15H19BrN2O3S. The first-order valence-corrected chi connectivity index (χ1v) is 9.66. The molecule has 1 aromatic carbocycles. The van der Waals surface area contributed by atoms with Crippen LogP contribution in [0.1, 0.15) is 13.3 Å². The van der Waals surface area contributed by atoms with Crippen LogP contribution >= 0.6 is 15.9 Å². The SMILES string of the molecule is CC1CN(C(=O)C2CCN(S(=O)(=O)c3cccc(Br)c3)C2)C1. The number of carbonyl (C=O) groups excluding carboxylic acids is 1. The van der Waals surface area contributed by atoms with Crippen LogP contribution in [0.3, 0.4) is 0 Å². The quantitative estimate of drug-likeness (QED) is 0.797. The molecule has 22 heavy (non-hydrogen) atoms. The van der Waals surface area contributed by atoms with E-state index in [-0.39, 0.29) is 16.7 Å². The van der Waals surface area contributed by atoms with Gasteiger partial charge in [-0.3, -0.25) is 4.79 Å². The summed E-state index contributed by atoms with van der Waals surface area (Å²) in [4.78, 5) is 14.4. The van der Waals surface area contributed by atoms with Gasteiger partial charge >= 0.3 is 0 Å². The maximum Gasteiger partial charge on any atom is 0.243 e. The molecule has 2 saturated heterocycles. The molecule has 0 aliphatic carbocycles. The number of hydrogen-bond acceptors (Lipinski definition) is 3. The summed E-state index contributed by atoms with van der Waals surface area (Å²) in [6.45, 7) is 4.41. The highest BCUT2D eigenvalue weighted by molar-refractivity contribution is 9.10. The Morgan fingerprint density at radius 2 is 2.00 bits per heavy atom. The molecule has 2 aliphatic rings. The molecular weight excluding hydrogens is 368 g/mol. The molecule has 1 unspecified atom stereocenters. The van der Waals surface area contributed by atoms with Gasteiger partial charge in [-0.05, 0) is 30.5 Å². The number of nitrogens with zero attached hydrogens (tertiary/aromatic N) is 2. The van der Waals surface area contributed by atoms with Crippen LogP contribution in [-0.2, 0) is 14.8 Å².